The zero-order chi connectivity index (χ0) is 13.1. The van der Waals surface area contributed by atoms with Gasteiger partial charge in [-0.3, -0.25) is 4.98 Å². The van der Waals surface area contributed by atoms with Crippen molar-refractivity contribution in [2.75, 3.05) is 26.3 Å². The molecule has 1 N–H and O–H groups in total. The lowest BCUT2D eigenvalue weighted by Crippen LogP contribution is -2.26. The van der Waals surface area contributed by atoms with Gasteiger partial charge in [0.1, 0.15) is 0 Å². The summed E-state index contributed by atoms with van der Waals surface area (Å²) in [6.45, 7) is 7.23. The van der Waals surface area contributed by atoms with E-state index in [1.807, 2.05) is 26.1 Å². The Bertz CT molecular complexity index is 287. The number of aromatic nitrogens is 1. The lowest BCUT2D eigenvalue weighted by atomic mass is 10.2. The molecule has 0 unspecified atom stereocenters. The fourth-order valence-electron chi connectivity index (χ4n) is 1.71. The highest BCUT2D eigenvalue weighted by molar-refractivity contribution is 5.08. The number of nitrogens with zero attached hydrogens (tertiary/aromatic N) is 1. The molecule has 0 radical (unpaired) electrons. The normalized spacial score (nSPS) is 11.1. The smallest absolute Gasteiger partial charge is 0.158 e. The van der Waals surface area contributed by atoms with Crippen molar-refractivity contribution in [3.63, 3.8) is 0 Å². The van der Waals surface area contributed by atoms with Crippen LogP contribution < -0.4 is 5.32 Å². The summed E-state index contributed by atoms with van der Waals surface area (Å²) in [7, 11) is 0. The third kappa shape index (κ3) is 6.69. The number of hydrogen-bond acceptors (Lipinski definition) is 4. The summed E-state index contributed by atoms with van der Waals surface area (Å²) >= 11 is 0. The Balaban J connectivity index is 2.06. The molecule has 0 aliphatic heterocycles. The highest BCUT2D eigenvalue weighted by atomic mass is 16.7. The van der Waals surface area contributed by atoms with Crippen LogP contribution in [0.15, 0.2) is 24.5 Å². The van der Waals surface area contributed by atoms with Crippen LogP contribution >= 0.6 is 0 Å². The molecule has 0 amide bonds. The minimum absolute atomic E-state index is 0.0779. The SMILES string of the molecule is CCOC(CCNCCc1cccnc1)OCC. The summed E-state index contributed by atoms with van der Waals surface area (Å²) in [6, 6.07) is 4.06. The van der Waals surface area contributed by atoms with Crippen molar-refractivity contribution >= 4 is 0 Å². The van der Waals surface area contributed by atoms with Crippen molar-refractivity contribution in [1.82, 2.24) is 10.3 Å². The van der Waals surface area contributed by atoms with Gasteiger partial charge in [-0.25, -0.2) is 0 Å². The molecule has 0 aliphatic carbocycles. The number of nitrogens with one attached hydrogen (secondary N) is 1. The van der Waals surface area contributed by atoms with E-state index in [4.69, 9.17) is 9.47 Å². The summed E-state index contributed by atoms with van der Waals surface area (Å²) in [6.07, 6.45) is 5.51. The van der Waals surface area contributed by atoms with E-state index in [9.17, 15) is 0 Å². The van der Waals surface area contributed by atoms with Crippen molar-refractivity contribution < 1.29 is 9.47 Å². The quantitative estimate of drug-likeness (QED) is 0.511. The van der Waals surface area contributed by atoms with E-state index in [2.05, 4.69) is 16.4 Å². The first kappa shape index (κ1) is 15.1. The van der Waals surface area contributed by atoms with Crippen molar-refractivity contribution in [3.05, 3.63) is 30.1 Å². The van der Waals surface area contributed by atoms with E-state index in [-0.39, 0.29) is 6.29 Å². The lowest BCUT2D eigenvalue weighted by molar-refractivity contribution is -0.138. The largest absolute Gasteiger partial charge is 0.353 e. The molecule has 18 heavy (non-hydrogen) atoms. The first-order valence-electron chi connectivity index (χ1n) is 6.69. The van der Waals surface area contributed by atoms with Crippen LogP contribution in [-0.4, -0.2) is 37.6 Å². The van der Waals surface area contributed by atoms with Crippen LogP contribution in [0.3, 0.4) is 0 Å². The Morgan fingerprint density at radius 3 is 2.61 bits per heavy atom. The fraction of sp³-hybridized carbons (Fsp3) is 0.643. The average molecular weight is 252 g/mol. The van der Waals surface area contributed by atoms with Crippen molar-refractivity contribution in [2.24, 2.45) is 0 Å². The van der Waals surface area contributed by atoms with E-state index < -0.39 is 0 Å². The van der Waals surface area contributed by atoms with Gasteiger partial charge in [0.2, 0.25) is 0 Å². The summed E-state index contributed by atoms with van der Waals surface area (Å²) < 4.78 is 11.0. The van der Waals surface area contributed by atoms with Gasteiger partial charge < -0.3 is 14.8 Å². The van der Waals surface area contributed by atoms with Crippen molar-refractivity contribution in [1.29, 1.82) is 0 Å². The second kappa shape index (κ2) is 10.00. The van der Waals surface area contributed by atoms with Crippen LogP contribution in [0.5, 0.6) is 0 Å². The topological polar surface area (TPSA) is 43.4 Å². The number of hydrogen-bond donors (Lipinski definition) is 1. The van der Waals surface area contributed by atoms with Crippen LogP contribution in [0, 0.1) is 0 Å². The van der Waals surface area contributed by atoms with Gasteiger partial charge in [0.15, 0.2) is 6.29 Å². The van der Waals surface area contributed by atoms with Gasteiger partial charge in [-0.2, -0.15) is 0 Å². The molecule has 0 spiro atoms. The molecule has 0 atom stereocenters. The zero-order valence-electron chi connectivity index (χ0n) is 11.4. The van der Waals surface area contributed by atoms with Gasteiger partial charge in [-0.15, -0.1) is 0 Å². The van der Waals surface area contributed by atoms with E-state index in [1.165, 1.54) is 5.56 Å². The molecule has 102 valence electrons. The number of ether oxygens (including phenoxy) is 2. The Morgan fingerprint density at radius 2 is 2.00 bits per heavy atom. The summed E-state index contributed by atoms with van der Waals surface area (Å²) in [4.78, 5) is 4.09. The highest BCUT2D eigenvalue weighted by Gasteiger charge is 2.06. The van der Waals surface area contributed by atoms with E-state index >= 15 is 0 Å². The predicted octanol–water partition coefficient (Wildman–Crippen LogP) is 2.00. The maximum atomic E-state index is 5.48. The summed E-state index contributed by atoms with van der Waals surface area (Å²) in [5.41, 5.74) is 1.26. The van der Waals surface area contributed by atoms with Gasteiger partial charge in [-0.05, 0) is 45.0 Å². The van der Waals surface area contributed by atoms with Crippen LogP contribution in [0.4, 0.5) is 0 Å². The van der Waals surface area contributed by atoms with Crippen LogP contribution in [0.2, 0.25) is 0 Å². The number of pyridine rings is 1. The molecule has 1 aromatic heterocycles. The van der Waals surface area contributed by atoms with Crippen LogP contribution in [0.25, 0.3) is 0 Å². The Labute approximate surface area is 110 Å². The third-order valence-electron chi connectivity index (χ3n) is 2.58. The lowest BCUT2D eigenvalue weighted by Gasteiger charge is -2.16. The van der Waals surface area contributed by atoms with E-state index in [0.717, 1.165) is 25.9 Å². The Hall–Kier alpha value is -0.970. The maximum absolute atomic E-state index is 5.48. The molecule has 0 saturated carbocycles. The molecule has 0 saturated heterocycles. The second-order valence-electron chi connectivity index (χ2n) is 3.99. The molecular weight excluding hydrogens is 228 g/mol. The molecule has 0 fully saturated rings. The molecular formula is C14H24N2O2. The Morgan fingerprint density at radius 1 is 1.22 bits per heavy atom. The molecule has 4 nitrogen and oxygen atoms in total. The predicted molar refractivity (Wildman–Crippen MR) is 72.5 cm³/mol. The average Bonchev–Trinajstić information content (AvgIpc) is 2.40. The molecule has 0 aromatic carbocycles. The van der Waals surface area contributed by atoms with Crippen LogP contribution in [0.1, 0.15) is 25.8 Å². The fourth-order valence-corrected chi connectivity index (χ4v) is 1.71. The molecule has 0 aliphatic rings. The van der Waals surface area contributed by atoms with Crippen molar-refractivity contribution in [2.45, 2.75) is 33.0 Å². The minimum Gasteiger partial charge on any atom is -0.353 e. The monoisotopic (exact) mass is 252 g/mol. The minimum atomic E-state index is -0.0779. The van der Waals surface area contributed by atoms with Crippen LogP contribution in [-0.2, 0) is 15.9 Å². The first-order chi connectivity index (χ1) is 8.86. The standard InChI is InChI=1S/C14H24N2O2/c1-3-17-14(18-4-2)8-11-15-10-7-13-6-5-9-16-12-13/h5-6,9,12,14-15H,3-4,7-8,10-11H2,1-2H3. The summed E-state index contributed by atoms with van der Waals surface area (Å²) in [5, 5.41) is 3.39. The van der Waals surface area contributed by atoms with Gasteiger partial charge in [0.05, 0.1) is 0 Å². The molecule has 0 bridgehead atoms. The van der Waals surface area contributed by atoms with Gasteiger partial charge in [0, 0.05) is 32.0 Å². The van der Waals surface area contributed by atoms with Gasteiger partial charge in [0.25, 0.3) is 0 Å². The zero-order valence-corrected chi connectivity index (χ0v) is 11.4. The van der Waals surface area contributed by atoms with E-state index in [1.54, 1.807) is 6.20 Å². The van der Waals surface area contributed by atoms with E-state index in [0.29, 0.717) is 13.2 Å². The van der Waals surface area contributed by atoms with Gasteiger partial charge in [-0.1, -0.05) is 6.07 Å². The Kier molecular flexibility index (Phi) is 8.38. The molecule has 1 rings (SSSR count). The second-order valence-corrected chi connectivity index (χ2v) is 3.99. The maximum Gasteiger partial charge on any atom is 0.158 e. The first-order valence-corrected chi connectivity index (χ1v) is 6.69. The molecule has 1 heterocycles. The van der Waals surface area contributed by atoms with Crippen molar-refractivity contribution in [3.8, 4) is 0 Å². The summed E-state index contributed by atoms with van der Waals surface area (Å²) in [5.74, 6) is 0. The molecule has 1 aromatic rings. The third-order valence-corrected chi connectivity index (χ3v) is 2.58. The molecule has 4 heteroatoms. The van der Waals surface area contributed by atoms with Gasteiger partial charge >= 0.3 is 0 Å². The highest BCUT2D eigenvalue weighted by Crippen LogP contribution is 2.00. The number of rotatable bonds is 10.